The molecule has 0 aromatic rings. The Morgan fingerprint density at radius 3 is 0.875 bits per heavy atom. The quantitative estimate of drug-likeness (QED) is 0.526. The first kappa shape index (κ1) is 18.2. The third kappa shape index (κ3) is 23.6. The molecule has 0 amide bonds. The normalized spacial score (nSPS) is 11.2. The molecule has 0 rings (SSSR count). The molecule has 0 aromatic heterocycles. The van der Waals surface area contributed by atoms with Gasteiger partial charge in [-0.1, -0.05) is 27.7 Å². The topological polar surface area (TPSA) is 80.9 Å². The molecule has 0 aliphatic carbocycles. The van der Waals surface area contributed by atoms with Gasteiger partial charge >= 0.3 is 0 Å². The summed E-state index contributed by atoms with van der Waals surface area (Å²) in [7, 11) is 0. The number of aliphatic hydroxyl groups excluding tert-OH is 2. The highest BCUT2D eigenvalue weighted by Crippen LogP contribution is 2.04. The summed E-state index contributed by atoms with van der Waals surface area (Å²) in [5.41, 5.74) is 0. The maximum Gasteiger partial charge on any atom is 0.151 e. The van der Waals surface area contributed by atoms with Crippen LogP contribution >= 0.6 is 0 Å². The first-order valence-electron chi connectivity index (χ1n) is 5.98. The molecule has 0 saturated carbocycles. The minimum absolute atomic E-state index is 0.498. The van der Waals surface area contributed by atoms with Gasteiger partial charge < -0.3 is 20.4 Å². The van der Waals surface area contributed by atoms with E-state index in [1.165, 1.54) is 0 Å². The summed E-state index contributed by atoms with van der Waals surface area (Å²) in [4.78, 5) is 0. The molecule has 4 nitrogen and oxygen atoms in total. The van der Waals surface area contributed by atoms with Gasteiger partial charge in [0, 0.05) is 0 Å². The number of hydrogen-bond acceptors (Lipinski definition) is 4. The van der Waals surface area contributed by atoms with Gasteiger partial charge in [0.1, 0.15) is 0 Å². The number of rotatable bonds is 6. The van der Waals surface area contributed by atoms with Gasteiger partial charge in [0.25, 0.3) is 0 Å². The first-order valence-corrected chi connectivity index (χ1v) is 5.98. The van der Waals surface area contributed by atoms with Gasteiger partial charge in [-0.05, 0) is 37.5 Å². The molecule has 0 unspecified atom stereocenters. The summed E-state index contributed by atoms with van der Waals surface area (Å²) < 4.78 is 0. The van der Waals surface area contributed by atoms with Gasteiger partial charge in [0.15, 0.2) is 12.6 Å². The Labute approximate surface area is 98.9 Å². The van der Waals surface area contributed by atoms with Gasteiger partial charge in [-0.25, -0.2) is 0 Å². The molecular weight excluding hydrogens is 208 g/mol. The molecule has 0 fully saturated rings. The zero-order valence-electron chi connectivity index (χ0n) is 10.9. The van der Waals surface area contributed by atoms with E-state index in [0.29, 0.717) is 24.7 Å². The largest absolute Gasteiger partial charge is 0.368 e. The maximum absolute atomic E-state index is 8.36. The van der Waals surface area contributed by atoms with E-state index in [0.717, 1.165) is 12.8 Å². The van der Waals surface area contributed by atoms with Crippen LogP contribution in [0.15, 0.2) is 0 Å². The van der Waals surface area contributed by atoms with Crippen LogP contribution in [0, 0.1) is 11.8 Å². The Kier molecular flexibility index (Phi) is 12.9. The molecule has 0 heterocycles. The van der Waals surface area contributed by atoms with E-state index in [1.807, 2.05) is 0 Å². The van der Waals surface area contributed by atoms with Crippen molar-refractivity contribution in [2.45, 2.75) is 66.0 Å². The van der Waals surface area contributed by atoms with Crippen molar-refractivity contribution in [2.75, 3.05) is 0 Å². The Morgan fingerprint density at radius 2 is 0.812 bits per heavy atom. The van der Waals surface area contributed by atoms with Crippen LogP contribution in [-0.4, -0.2) is 33.0 Å². The fraction of sp³-hybridized carbons (Fsp3) is 1.00. The van der Waals surface area contributed by atoms with Crippen LogP contribution in [0.25, 0.3) is 0 Å². The molecule has 100 valence electrons. The van der Waals surface area contributed by atoms with Crippen molar-refractivity contribution < 1.29 is 20.4 Å². The Bertz CT molecular complexity index is 101. The van der Waals surface area contributed by atoms with E-state index in [9.17, 15) is 0 Å². The van der Waals surface area contributed by atoms with E-state index in [2.05, 4.69) is 27.7 Å². The Balaban J connectivity index is 0. The average Bonchev–Trinajstić information content (AvgIpc) is 2.12. The van der Waals surface area contributed by atoms with Crippen molar-refractivity contribution in [3.63, 3.8) is 0 Å². The lowest BCUT2D eigenvalue weighted by Crippen LogP contribution is -2.04. The van der Waals surface area contributed by atoms with Crippen LogP contribution < -0.4 is 0 Å². The van der Waals surface area contributed by atoms with E-state index in [1.54, 1.807) is 0 Å². The van der Waals surface area contributed by atoms with Gasteiger partial charge in [-0.2, -0.15) is 0 Å². The second-order valence-corrected chi connectivity index (χ2v) is 4.90. The third-order valence-corrected chi connectivity index (χ3v) is 2.00. The average molecular weight is 236 g/mol. The smallest absolute Gasteiger partial charge is 0.151 e. The Hall–Kier alpha value is -0.160. The zero-order chi connectivity index (χ0) is 13.1. The fourth-order valence-electron chi connectivity index (χ4n) is 0.965. The molecular formula is C12H28O4. The van der Waals surface area contributed by atoms with Crippen LogP contribution in [0.2, 0.25) is 0 Å². The summed E-state index contributed by atoms with van der Waals surface area (Å²) in [6.45, 7) is 8.23. The summed E-state index contributed by atoms with van der Waals surface area (Å²) in [5, 5.41) is 33.4. The van der Waals surface area contributed by atoms with Crippen LogP contribution in [0.1, 0.15) is 53.4 Å². The van der Waals surface area contributed by atoms with Crippen molar-refractivity contribution in [1.82, 2.24) is 0 Å². The lowest BCUT2D eigenvalue weighted by molar-refractivity contribution is -0.0488. The highest BCUT2D eigenvalue weighted by Gasteiger charge is 1.99. The maximum atomic E-state index is 8.36. The highest BCUT2D eigenvalue weighted by molar-refractivity contribution is 4.46. The summed E-state index contributed by atoms with van der Waals surface area (Å²) >= 11 is 0. The van der Waals surface area contributed by atoms with Crippen LogP contribution in [0.5, 0.6) is 0 Å². The molecule has 0 aliphatic heterocycles. The molecule has 0 atom stereocenters. The first-order chi connectivity index (χ1) is 7.25. The van der Waals surface area contributed by atoms with Crippen molar-refractivity contribution in [3.05, 3.63) is 0 Å². The minimum Gasteiger partial charge on any atom is -0.368 e. The molecule has 0 aliphatic rings. The second-order valence-electron chi connectivity index (χ2n) is 4.90. The molecule has 0 radical (unpaired) electrons. The molecule has 0 bridgehead atoms. The van der Waals surface area contributed by atoms with E-state index in [-0.39, 0.29) is 0 Å². The van der Waals surface area contributed by atoms with Gasteiger partial charge in [0.05, 0.1) is 0 Å². The van der Waals surface area contributed by atoms with Crippen LogP contribution in [-0.2, 0) is 0 Å². The van der Waals surface area contributed by atoms with Gasteiger partial charge in [-0.3, -0.25) is 0 Å². The van der Waals surface area contributed by atoms with E-state index >= 15 is 0 Å². The molecule has 0 spiro atoms. The van der Waals surface area contributed by atoms with Gasteiger partial charge in [-0.15, -0.1) is 0 Å². The molecule has 0 saturated heterocycles. The summed E-state index contributed by atoms with van der Waals surface area (Å²) in [5.74, 6) is 1.13. The number of aliphatic hydroxyl groups is 4. The van der Waals surface area contributed by atoms with Crippen molar-refractivity contribution >= 4 is 0 Å². The SMILES string of the molecule is CC(C)CCC(O)O.CC(C)CCC(O)O. The monoisotopic (exact) mass is 236 g/mol. The van der Waals surface area contributed by atoms with E-state index < -0.39 is 12.6 Å². The second kappa shape index (κ2) is 11.3. The number of hydrogen-bond donors (Lipinski definition) is 4. The van der Waals surface area contributed by atoms with E-state index in [4.69, 9.17) is 20.4 Å². The standard InChI is InChI=1S/2C6H14O2/c2*1-5(2)3-4-6(7)8/h2*5-8H,3-4H2,1-2H3. The predicted octanol–water partition coefficient (Wildman–Crippen LogP) is 1.47. The van der Waals surface area contributed by atoms with Crippen molar-refractivity contribution in [3.8, 4) is 0 Å². The third-order valence-electron chi connectivity index (χ3n) is 2.00. The Morgan fingerprint density at radius 1 is 0.562 bits per heavy atom. The lowest BCUT2D eigenvalue weighted by Gasteiger charge is -2.04. The van der Waals surface area contributed by atoms with Crippen LogP contribution in [0.3, 0.4) is 0 Å². The molecule has 4 N–H and O–H groups in total. The zero-order valence-corrected chi connectivity index (χ0v) is 10.9. The highest BCUT2D eigenvalue weighted by atomic mass is 16.5. The summed E-state index contributed by atoms with van der Waals surface area (Å²) in [6, 6.07) is 0. The molecule has 16 heavy (non-hydrogen) atoms. The minimum atomic E-state index is -1.11. The predicted molar refractivity (Wildman–Crippen MR) is 64.6 cm³/mol. The van der Waals surface area contributed by atoms with Gasteiger partial charge in [0.2, 0.25) is 0 Å². The lowest BCUT2D eigenvalue weighted by atomic mass is 10.1. The van der Waals surface area contributed by atoms with Crippen molar-refractivity contribution in [1.29, 1.82) is 0 Å². The molecule has 4 heteroatoms. The fourth-order valence-corrected chi connectivity index (χ4v) is 0.965. The van der Waals surface area contributed by atoms with Crippen LogP contribution in [0.4, 0.5) is 0 Å². The van der Waals surface area contributed by atoms with Crippen molar-refractivity contribution in [2.24, 2.45) is 11.8 Å². The summed E-state index contributed by atoms with van der Waals surface area (Å²) in [6.07, 6.45) is 0.541. The molecule has 0 aromatic carbocycles.